The second-order valence-corrected chi connectivity index (χ2v) is 4.06. The zero-order valence-corrected chi connectivity index (χ0v) is 11.9. The molecule has 0 bridgehead atoms. The van der Waals surface area contributed by atoms with Crippen molar-refractivity contribution in [3.05, 3.63) is 35.9 Å². The highest BCUT2D eigenvalue weighted by Crippen LogP contribution is 2.10. The summed E-state index contributed by atoms with van der Waals surface area (Å²) in [6.07, 6.45) is 8.08. The monoisotopic (exact) mass is 286 g/mol. The van der Waals surface area contributed by atoms with E-state index in [0.717, 1.165) is 5.56 Å². The number of hydrogen-bond donors (Lipinski definition) is 2. The first kappa shape index (κ1) is 16.5. The molecule has 0 heterocycles. The van der Waals surface area contributed by atoms with Crippen molar-refractivity contribution < 1.29 is 14.3 Å². The Balaban J connectivity index is 2.48. The van der Waals surface area contributed by atoms with Crippen molar-refractivity contribution in [2.24, 2.45) is 0 Å². The van der Waals surface area contributed by atoms with Gasteiger partial charge >= 0.3 is 5.97 Å². The Morgan fingerprint density at radius 1 is 1.33 bits per heavy atom. The summed E-state index contributed by atoms with van der Waals surface area (Å²) >= 11 is 0. The van der Waals surface area contributed by atoms with Crippen LogP contribution in [0, 0.1) is 12.3 Å². The van der Waals surface area contributed by atoms with Crippen LogP contribution >= 0.6 is 0 Å². The minimum absolute atomic E-state index is 0.161. The summed E-state index contributed by atoms with van der Waals surface area (Å²) in [5, 5.41) is 5.53. The molecule has 0 aliphatic heterocycles. The number of rotatable bonds is 7. The molecular formula is C16H18N2O3. The van der Waals surface area contributed by atoms with E-state index in [4.69, 9.17) is 11.2 Å². The quantitative estimate of drug-likeness (QED) is 0.344. The van der Waals surface area contributed by atoms with E-state index in [0.29, 0.717) is 18.8 Å². The van der Waals surface area contributed by atoms with Crippen LogP contribution in [0.3, 0.4) is 0 Å². The Bertz CT molecular complexity index is 542. The second-order valence-electron chi connectivity index (χ2n) is 4.06. The van der Waals surface area contributed by atoms with Crippen LogP contribution < -0.4 is 10.6 Å². The predicted molar refractivity (Wildman–Crippen MR) is 82.4 cm³/mol. The molecule has 1 amide bonds. The Morgan fingerprint density at radius 2 is 2.05 bits per heavy atom. The van der Waals surface area contributed by atoms with Gasteiger partial charge in [0.2, 0.25) is 5.91 Å². The minimum Gasteiger partial charge on any atom is -0.463 e. The van der Waals surface area contributed by atoms with Crippen LogP contribution in [0.1, 0.15) is 12.5 Å². The molecule has 0 atom stereocenters. The summed E-state index contributed by atoms with van der Waals surface area (Å²) in [6.45, 7) is 2.61. The van der Waals surface area contributed by atoms with Gasteiger partial charge in [-0.2, -0.15) is 0 Å². The van der Waals surface area contributed by atoms with Gasteiger partial charge in [-0.05, 0) is 30.7 Å². The molecule has 110 valence electrons. The lowest BCUT2D eigenvalue weighted by molar-refractivity contribution is -0.137. The number of terminal acetylenes is 1. The Hall–Kier alpha value is -2.58. The summed E-state index contributed by atoms with van der Waals surface area (Å²) < 4.78 is 4.78. The maximum atomic E-state index is 11.5. The number of hydrogen-bond acceptors (Lipinski definition) is 4. The molecule has 0 saturated heterocycles. The third kappa shape index (κ3) is 6.95. The van der Waals surface area contributed by atoms with E-state index in [2.05, 4.69) is 16.6 Å². The zero-order chi connectivity index (χ0) is 15.5. The van der Waals surface area contributed by atoms with Gasteiger partial charge in [-0.3, -0.25) is 10.1 Å². The maximum absolute atomic E-state index is 11.5. The highest BCUT2D eigenvalue weighted by atomic mass is 16.5. The van der Waals surface area contributed by atoms with E-state index in [9.17, 15) is 9.59 Å². The van der Waals surface area contributed by atoms with Gasteiger partial charge in [-0.15, -0.1) is 6.42 Å². The van der Waals surface area contributed by atoms with Gasteiger partial charge in [0.15, 0.2) is 0 Å². The van der Waals surface area contributed by atoms with Crippen molar-refractivity contribution in [2.75, 3.05) is 25.0 Å². The van der Waals surface area contributed by atoms with Crippen molar-refractivity contribution in [2.45, 2.75) is 6.92 Å². The zero-order valence-electron chi connectivity index (χ0n) is 11.9. The average Bonchev–Trinajstić information content (AvgIpc) is 2.47. The van der Waals surface area contributed by atoms with Gasteiger partial charge in [0.05, 0.1) is 19.7 Å². The van der Waals surface area contributed by atoms with Crippen molar-refractivity contribution in [1.29, 1.82) is 0 Å². The molecule has 1 aromatic rings. The standard InChI is InChI=1S/C16H18N2O3/c1-3-11-17-12-15(19)18-14-8-5-13(6-9-14)7-10-16(20)21-4-2/h1,5-10,17H,4,11-12H2,2H3,(H,18,19). The number of nitrogens with one attached hydrogen (secondary N) is 2. The summed E-state index contributed by atoms with van der Waals surface area (Å²) in [4.78, 5) is 22.7. The average molecular weight is 286 g/mol. The molecule has 0 aromatic heterocycles. The topological polar surface area (TPSA) is 67.4 Å². The van der Waals surface area contributed by atoms with Crippen LogP contribution in [0.15, 0.2) is 30.3 Å². The molecule has 5 nitrogen and oxygen atoms in total. The number of ether oxygens (including phenoxy) is 1. The normalized spacial score (nSPS) is 10.1. The first-order valence-corrected chi connectivity index (χ1v) is 6.54. The molecule has 1 aromatic carbocycles. The highest BCUT2D eigenvalue weighted by molar-refractivity contribution is 5.92. The number of esters is 1. The highest BCUT2D eigenvalue weighted by Gasteiger charge is 2.01. The fourth-order valence-electron chi connectivity index (χ4n) is 1.49. The van der Waals surface area contributed by atoms with E-state index in [1.165, 1.54) is 6.08 Å². The molecule has 0 aliphatic rings. The van der Waals surface area contributed by atoms with Gasteiger partial charge in [-0.1, -0.05) is 18.1 Å². The molecule has 0 saturated carbocycles. The molecule has 0 unspecified atom stereocenters. The number of anilines is 1. The van der Waals surface area contributed by atoms with Crippen LogP contribution in [-0.4, -0.2) is 31.6 Å². The van der Waals surface area contributed by atoms with Crippen molar-refractivity contribution >= 4 is 23.6 Å². The van der Waals surface area contributed by atoms with Crippen molar-refractivity contribution in [3.63, 3.8) is 0 Å². The largest absolute Gasteiger partial charge is 0.463 e. The molecule has 0 radical (unpaired) electrons. The van der Waals surface area contributed by atoms with Crippen LogP contribution in [0.4, 0.5) is 5.69 Å². The van der Waals surface area contributed by atoms with Crippen molar-refractivity contribution in [1.82, 2.24) is 5.32 Å². The van der Waals surface area contributed by atoms with Gasteiger partial charge in [0.25, 0.3) is 0 Å². The first-order valence-electron chi connectivity index (χ1n) is 6.54. The fourth-order valence-corrected chi connectivity index (χ4v) is 1.49. The van der Waals surface area contributed by atoms with E-state index < -0.39 is 0 Å². The Morgan fingerprint density at radius 3 is 2.67 bits per heavy atom. The smallest absolute Gasteiger partial charge is 0.330 e. The molecule has 1 rings (SSSR count). The first-order chi connectivity index (χ1) is 10.2. The third-order valence-electron chi connectivity index (χ3n) is 2.41. The summed E-state index contributed by atoms with van der Waals surface area (Å²) in [7, 11) is 0. The van der Waals surface area contributed by atoms with Crippen LogP contribution in [0.25, 0.3) is 6.08 Å². The third-order valence-corrected chi connectivity index (χ3v) is 2.41. The fraction of sp³-hybridized carbons (Fsp3) is 0.250. The predicted octanol–water partition coefficient (Wildman–Crippen LogP) is 1.42. The van der Waals surface area contributed by atoms with Gasteiger partial charge in [-0.25, -0.2) is 4.79 Å². The SMILES string of the molecule is C#CCNCC(=O)Nc1ccc(C=CC(=O)OCC)cc1. The van der Waals surface area contributed by atoms with E-state index in [-0.39, 0.29) is 18.4 Å². The van der Waals surface area contributed by atoms with Crippen LogP contribution in [0.2, 0.25) is 0 Å². The molecule has 2 N–H and O–H groups in total. The number of amides is 1. The van der Waals surface area contributed by atoms with Crippen LogP contribution in [0.5, 0.6) is 0 Å². The Kier molecular flexibility index (Phi) is 7.33. The molecule has 21 heavy (non-hydrogen) atoms. The van der Waals surface area contributed by atoms with Gasteiger partial charge < -0.3 is 10.1 Å². The van der Waals surface area contributed by atoms with E-state index in [1.54, 1.807) is 37.3 Å². The molecule has 0 spiro atoms. The minimum atomic E-state index is -0.380. The van der Waals surface area contributed by atoms with E-state index >= 15 is 0 Å². The summed E-state index contributed by atoms with van der Waals surface area (Å²) in [5.74, 6) is 1.84. The number of benzene rings is 1. The lowest BCUT2D eigenvalue weighted by Crippen LogP contribution is -2.28. The Labute approximate surface area is 124 Å². The second kappa shape index (κ2) is 9.34. The number of carbonyl (C=O) groups is 2. The number of carbonyl (C=O) groups excluding carboxylic acids is 2. The van der Waals surface area contributed by atoms with Gasteiger partial charge in [0, 0.05) is 11.8 Å². The van der Waals surface area contributed by atoms with Crippen LogP contribution in [-0.2, 0) is 14.3 Å². The lowest BCUT2D eigenvalue weighted by atomic mass is 10.2. The van der Waals surface area contributed by atoms with E-state index in [1.807, 2.05) is 0 Å². The molecule has 0 fully saturated rings. The summed E-state index contributed by atoms with van der Waals surface area (Å²) in [5.41, 5.74) is 1.52. The summed E-state index contributed by atoms with van der Waals surface area (Å²) in [6, 6.07) is 7.09. The lowest BCUT2D eigenvalue weighted by Gasteiger charge is -2.05. The van der Waals surface area contributed by atoms with Gasteiger partial charge in [0.1, 0.15) is 0 Å². The molecule has 5 heteroatoms. The molecular weight excluding hydrogens is 268 g/mol. The maximum Gasteiger partial charge on any atom is 0.330 e. The molecule has 0 aliphatic carbocycles. The van der Waals surface area contributed by atoms with Crippen molar-refractivity contribution in [3.8, 4) is 12.3 Å².